The Bertz CT molecular complexity index is 641. The minimum Gasteiger partial charge on any atom is -0.299 e. The van der Waals surface area contributed by atoms with Crippen molar-refractivity contribution >= 4 is 11.6 Å². The SMILES string of the molecule is C[C@]12C[C@@H](N=[N+]=[N-])C(=O)C[C@@H]1CC[C@@H]1[C@@H]2CC[C@]2(C)C(=O)CC[C@@H]12. The molecular formula is C19H27N3O2. The molecule has 0 aliphatic heterocycles. The van der Waals surface area contributed by atoms with E-state index in [1.807, 2.05) is 0 Å². The number of carbonyl (C=O) groups excluding carboxylic acids is 2. The largest absolute Gasteiger partial charge is 0.299 e. The Morgan fingerprint density at radius 2 is 1.92 bits per heavy atom. The second-order valence-electron chi connectivity index (χ2n) is 9.17. The number of nitrogens with zero attached hydrogens (tertiary/aromatic N) is 3. The average molecular weight is 329 g/mol. The smallest absolute Gasteiger partial charge is 0.142 e. The number of ketones is 2. The first-order valence-corrected chi connectivity index (χ1v) is 9.50. The van der Waals surface area contributed by atoms with Gasteiger partial charge in [0.15, 0.2) is 0 Å². The Morgan fingerprint density at radius 3 is 2.67 bits per heavy atom. The summed E-state index contributed by atoms with van der Waals surface area (Å²) in [4.78, 5) is 27.7. The zero-order valence-corrected chi connectivity index (χ0v) is 14.7. The molecule has 0 amide bonds. The van der Waals surface area contributed by atoms with Crippen LogP contribution in [-0.2, 0) is 9.59 Å². The van der Waals surface area contributed by atoms with E-state index in [1.54, 1.807) is 0 Å². The Morgan fingerprint density at radius 1 is 1.12 bits per heavy atom. The number of Topliss-reactive ketones (excluding diaryl/α,β-unsaturated/α-hetero) is 2. The van der Waals surface area contributed by atoms with Gasteiger partial charge in [0.1, 0.15) is 11.6 Å². The molecule has 0 bridgehead atoms. The van der Waals surface area contributed by atoms with E-state index in [2.05, 4.69) is 23.9 Å². The molecule has 0 saturated heterocycles. The Hall–Kier alpha value is -1.35. The third-order valence-corrected chi connectivity index (χ3v) is 8.42. The van der Waals surface area contributed by atoms with E-state index < -0.39 is 6.04 Å². The van der Waals surface area contributed by atoms with Crippen LogP contribution in [0.5, 0.6) is 0 Å². The molecule has 4 aliphatic carbocycles. The fourth-order valence-electron chi connectivity index (χ4n) is 7.04. The number of hydrogen-bond acceptors (Lipinski definition) is 3. The number of carbonyl (C=O) groups is 2. The van der Waals surface area contributed by atoms with Gasteiger partial charge in [0.05, 0.1) is 6.04 Å². The highest BCUT2D eigenvalue weighted by Gasteiger charge is 2.61. The molecule has 0 heterocycles. The van der Waals surface area contributed by atoms with Gasteiger partial charge < -0.3 is 0 Å². The summed E-state index contributed by atoms with van der Waals surface area (Å²) in [6.07, 6.45) is 7.43. The van der Waals surface area contributed by atoms with Gasteiger partial charge in [-0.1, -0.05) is 19.0 Å². The molecule has 0 spiro atoms. The molecule has 4 aliphatic rings. The fraction of sp³-hybridized carbons (Fsp3) is 0.895. The first kappa shape index (κ1) is 16.1. The third kappa shape index (κ3) is 2.03. The molecular weight excluding hydrogens is 302 g/mol. The second kappa shape index (κ2) is 5.32. The first-order valence-electron chi connectivity index (χ1n) is 9.50. The maximum Gasteiger partial charge on any atom is 0.142 e. The van der Waals surface area contributed by atoms with Gasteiger partial charge in [-0.25, -0.2) is 0 Å². The molecule has 0 aromatic rings. The predicted molar refractivity (Wildman–Crippen MR) is 90.1 cm³/mol. The topological polar surface area (TPSA) is 82.9 Å². The van der Waals surface area contributed by atoms with E-state index in [0.717, 1.165) is 38.5 Å². The van der Waals surface area contributed by atoms with Crippen LogP contribution in [0.15, 0.2) is 5.11 Å². The van der Waals surface area contributed by atoms with Gasteiger partial charge in [-0.2, -0.15) is 0 Å². The van der Waals surface area contributed by atoms with Crippen molar-refractivity contribution < 1.29 is 9.59 Å². The molecule has 7 atom stereocenters. The van der Waals surface area contributed by atoms with E-state index in [1.165, 1.54) is 0 Å². The fourth-order valence-corrected chi connectivity index (χ4v) is 7.04. The zero-order chi connectivity index (χ0) is 17.1. The van der Waals surface area contributed by atoms with E-state index in [0.29, 0.717) is 42.3 Å². The van der Waals surface area contributed by atoms with Crippen LogP contribution in [0, 0.1) is 34.5 Å². The summed E-state index contributed by atoms with van der Waals surface area (Å²) in [6.45, 7) is 4.53. The van der Waals surface area contributed by atoms with Gasteiger partial charge in [-0.15, -0.1) is 0 Å². The van der Waals surface area contributed by atoms with Gasteiger partial charge >= 0.3 is 0 Å². The van der Waals surface area contributed by atoms with Crippen molar-refractivity contribution in [3.8, 4) is 0 Å². The summed E-state index contributed by atoms with van der Waals surface area (Å²) in [5.74, 6) is 2.74. The highest BCUT2D eigenvalue weighted by atomic mass is 16.1. The van der Waals surface area contributed by atoms with Crippen LogP contribution >= 0.6 is 0 Å². The summed E-state index contributed by atoms with van der Waals surface area (Å²) in [7, 11) is 0. The van der Waals surface area contributed by atoms with Crippen LogP contribution in [0.4, 0.5) is 0 Å². The summed E-state index contributed by atoms with van der Waals surface area (Å²) in [5, 5.41) is 3.81. The van der Waals surface area contributed by atoms with Gasteiger partial charge in [0.25, 0.3) is 0 Å². The summed E-state index contributed by atoms with van der Waals surface area (Å²) in [5.41, 5.74) is 8.79. The lowest BCUT2D eigenvalue weighted by molar-refractivity contribution is -0.145. The molecule has 130 valence electrons. The van der Waals surface area contributed by atoms with Gasteiger partial charge in [-0.05, 0) is 73.1 Å². The highest BCUT2D eigenvalue weighted by Crippen LogP contribution is 2.65. The lowest BCUT2D eigenvalue weighted by Gasteiger charge is -2.59. The van der Waals surface area contributed by atoms with Crippen molar-refractivity contribution in [1.82, 2.24) is 0 Å². The number of hydrogen-bond donors (Lipinski definition) is 0. The Balaban J connectivity index is 1.66. The molecule has 4 fully saturated rings. The van der Waals surface area contributed by atoms with Crippen LogP contribution in [0.1, 0.15) is 65.2 Å². The zero-order valence-electron chi connectivity index (χ0n) is 14.7. The number of fused-ring (bicyclic) bond motifs is 5. The van der Waals surface area contributed by atoms with Crippen molar-refractivity contribution in [2.75, 3.05) is 0 Å². The van der Waals surface area contributed by atoms with Gasteiger partial charge in [0.2, 0.25) is 0 Å². The van der Waals surface area contributed by atoms with E-state index in [4.69, 9.17) is 5.53 Å². The van der Waals surface area contributed by atoms with Crippen LogP contribution in [0.25, 0.3) is 10.4 Å². The van der Waals surface area contributed by atoms with Crippen LogP contribution < -0.4 is 0 Å². The van der Waals surface area contributed by atoms with Crippen molar-refractivity contribution in [2.45, 2.75) is 71.3 Å². The molecule has 0 unspecified atom stereocenters. The lowest BCUT2D eigenvalue weighted by atomic mass is 9.45. The normalized spacial score (nSPS) is 50.5. The third-order valence-electron chi connectivity index (χ3n) is 8.42. The molecule has 0 aromatic heterocycles. The maximum atomic E-state index is 12.4. The van der Waals surface area contributed by atoms with Crippen molar-refractivity contribution in [3.63, 3.8) is 0 Å². The molecule has 0 aromatic carbocycles. The number of rotatable bonds is 1. The molecule has 4 rings (SSSR count). The van der Waals surface area contributed by atoms with Crippen molar-refractivity contribution in [1.29, 1.82) is 0 Å². The summed E-state index contributed by atoms with van der Waals surface area (Å²) < 4.78 is 0. The van der Waals surface area contributed by atoms with Crippen LogP contribution in [-0.4, -0.2) is 17.6 Å². The molecule has 0 N–H and O–H groups in total. The van der Waals surface area contributed by atoms with E-state index >= 15 is 0 Å². The maximum absolute atomic E-state index is 12.4. The molecule has 5 heteroatoms. The Kier molecular flexibility index (Phi) is 3.58. The molecule has 4 saturated carbocycles. The molecule has 0 radical (unpaired) electrons. The highest BCUT2D eigenvalue weighted by molar-refractivity contribution is 5.87. The summed E-state index contributed by atoms with van der Waals surface area (Å²) >= 11 is 0. The van der Waals surface area contributed by atoms with E-state index in [-0.39, 0.29) is 16.6 Å². The first-order chi connectivity index (χ1) is 11.4. The average Bonchev–Trinajstić information content (AvgIpc) is 2.85. The minimum atomic E-state index is -0.478. The van der Waals surface area contributed by atoms with Crippen molar-refractivity contribution in [2.24, 2.45) is 39.6 Å². The van der Waals surface area contributed by atoms with E-state index in [9.17, 15) is 9.59 Å². The van der Waals surface area contributed by atoms with Crippen molar-refractivity contribution in [3.05, 3.63) is 10.4 Å². The standard InChI is InChI=1S/C19H27N3O2/c1-18-8-7-14-12(13(18)5-6-17(18)24)4-3-11-9-16(23)15(21-22-20)10-19(11,14)2/h11-15H,3-10H2,1-2H3/t11-,12-,13-,14-,15+,18-,19-/m0/s1. The quantitative estimate of drug-likeness (QED) is 0.404. The monoisotopic (exact) mass is 329 g/mol. The Labute approximate surface area is 143 Å². The summed E-state index contributed by atoms with van der Waals surface area (Å²) in [6, 6.07) is -0.478. The minimum absolute atomic E-state index is 0.0860. The lowest BCUT2D eigenvalue weighted by Crippen LogP contribution is -2.55. The van der Waals surface area contributed by atoms with Crippen LogP contribution in [0.2, 0.25) is 0 Å². The number of azide groups is 1. The van der Waals surface area contributed by atoms with Gasteiger partial charge in [0, 0.05) is 23.2 Å². The van der Waals surface area contributed by atoms with Gasteiger partial charge in [-0.3, -0.25) is 9.59 Å². The second-order valence-corrected chi connectivity index (χ2v) is 9.17. The molecule has 24 heavy (non-hydrogen) atoms. The predicted octanol–water partition coefficient (Wildman–Crippen LogP) is 4.46. The molecule has 5 nitrogen and oxygen atoms in total. The van der Waals surface area contributed by atoms with Crippen LogP contribution in [0.3, 0.4) is 0 Å².